The third kappa shape index (κ3) is 7.15. The van der Waals surface area contributed by atoms with Crippen LogP contribution >= 0.6 is 0 Å². The van der Waals surface area contributed by atoms with Crippen molar-refractivity contribution < 1.29 is 14.3 Å². The van der Waals surface area contributed by atoms with Crippen molar-refractivity contribution in [3.8, 4) is 0 Å². The van der Waals surface area contributed by atoms with Gasteiger partial charge in [0, 0.05) is 18.3 Å². The number of nitrogens with zero attached hydrogens (tertiary/aromatic N) is 2. The molecular formula is C20H32N4O3. The van der Waals surface area contributed by atoms with E-state index in [4.69, 9.17) is 4.74 Å². The Bertz CT molecular complexity index is 643. The van der Waals surface area contributed by atoms with Crippen LogP contribution in [0.4, 0.5) is 4.79 Å². The van der Waals surface area contributed by atoms with Crippen molar-refractivity contribution in [2.45, 2.75) is 78.4 Å². The molecule has 27 heavy (non-hydrogen) atoms. The Morgan fingerprint density at radius 2 is 1.85 bits per heavy atom. The molecule has 1 heterocycles. The molecule has 2 amide bonds. The van der Waals surface area contributed by atoms with E-state index in [1.807, 2.05) is 27.7 Å². The Morgan fingerprint density at radius 1 is 1.19 bits per heavy atom. The molecule has 0 aliphatic heterocycles. The summed E-state index contributed by atoms with van der Waals surface area (Å²) in [5.41, 5.74) is 0.566. The smallest absolute Gasteiger partial charge is 0.407 e. The summed E-state index contributed by atoms with van der Waals surface area (Å²) in [5.74, 6) is 0.674. The largest absolute Gasteiger partial charge is 0.444 e. The van der Waals surface area contributed by atoms with Crippen LogP contribution in [0.2, 0.25) is 0 Å². The van der Waals surface area contributed by atoms with Gasteiger partial charge in [-0.25, -0.2) is 14.8 Å². The van der Waals surface area contributed by atoms with E-state index in [9.17, 15) is 9.59 Å². The monoisotopic (exact) mass is 376 g/mol. The molecule has 1 fully saturated rings. The van der Waals surface area contributed by atoms with Crippen LogP contribution in [0.5, 0.6) is 0 Å². The van der Waals surface area contributed by atoms with Crippen molar-refractivity contribution >= 4 is 12.0 Å². The van der Waals surface area contributed by atoms with Gasteiger partial charge in [0.25, 0.3) is 5.91 Å². The molecule has 0 unspecified atom stereocenters. The number of amides is 2. The normalized spacial score (nSPS) is 16.5. The fraction of sp³-hybridized carbons (Fsp3) is 0.700. The maximum atomic E-state index is 12.7. The molecule has 1 aliphatic carbocycles. The first kappa shape index (κ1) is 21.1. The Balaban J connectivity index is 2.05. The molecule has 7 heteroatoms. The minimum Gasteiger partial charge on any atom is -0.444 e. The van der Waals surface area contributed by atoms with Gasteiger partial charge in [-0.1, -0.05) is 19.3 Å². The zero-order valence-corrected chi connectivity index (χ0v) is 17.1. The van der Waals surface area contributed by atoms with Gasteiger partial charge >= 0.3 is 6.09 Å². The van der Waals surface area contributed by atoms with Gasteiger partial charge in [-0.05, 0) is 59.4 Å². The Hall–Kier alpha value is -2.18. The van der Waals surface area contributed by atoms with E-state index in [0.29, 0.717) is 24.0 Å². The summed E-state index contributed by atoms with van der Waals surface area (Å²) < 4.78 is 5.31. The lowest BCUT2D eigenvalue weighted by Crippen LogP contribution is -2.49. The zero-order valence-electron chi connectivity index (χ0n) is 17.1. The highest BCUT2D eigenvalue weighted by atomic mass is 16.6. The van der Waals surface area contributed by atoms with Gasteiger partial charge < -0.3 is 15.4 Å². The number of hydrogen-bond donors (Lipinski definition) is 2. The quantitative estimate of drug-likeness (QED) is 0.822. The van der Waals surface area contributed by atoms with Gasteiger partial charge in [-0.3, -0.25) is 4.79 Å². The SMILES string of the molecule is Cc1cc(C(=O)N[C@H](CNC(=O)OC(C)(C)C)C2CCCCC2)nc(C)n1. The third-order valence-corrected chi connectivity index (χ3v) is 4.60. The summed E-state index contributed by atoms with van der Waals surface area (Å²) in [4.78, 5) is 33.2. The molecule has 2 N–H and O–H groups in total. The maximum absolute atomic E-state index is 12.7. The number of carbonyl (C=O) groups is 2. The van der Waals surface area contributed by atoms with Gasteiger partial charge in [-0.2, -0.15) is 0 Å². The van der Waals surface area contributed by atoms with E-state index in [1.54, 1.807) is 13.0 Å². The van der Waals surface area contributed by atoms with Gasteiger partial charge in [-0.15, -0.1) is 0 Å². The first-order valence-corrected chi connectivity index (χ1v) is 9.74. The first-order valence-electron chi connectivity index (χ1n) is 9.74. The molecule has 0 spiro atoms. The molecule has 0 bridgehead atoms. The van der Waals surface area contributed by atoms with Crippen LogP contribution < -0.4 is 10.6 Å². The van der Waals surface area contributed by atoms with Crippen LogP contribution in [0.25, 0.3) is 0 Å². The fourth-order valence-corrected chi connectivity index (χ4v) is 3.46. The molecule has 7 nitrogen and oxygen atoms in total. The summed E-state index contributed by atoms with van der Waals surface area (Å²) in [7, 11) is 0. The highest BCUT2D eigenvalue weighted by Gasteiger charge is 2.27. The van der Waals surface area contributed by atoms with Gasteiger partial charge in [0.15, 0.2) is 0 Å². The molecule has 0 saturated heterocycles. The third-order valence-electron chi connectivity index (χ3n) is 4.60. The second-order valence-corrected chi connectivity index (χ2v) is 8.30. The van der Waals surface area contributed by atoms with Crippen LogP contribution in [0.15, 0.2) is 6.07 Å². The lowest BCUT2D eigenvalue weighted by molar-refractivity contribution is 0.0512. The second kappa shape index (κ2) is 9.15. The molecule has 150 valence electrons. The van der Waals surface area contributed by atoms with E-state index in [0.717, 1.165) is 31.4 Å². The Labute approximate surface area is 161 Å². The van der Waals surface area contributed by atoms with E-state index in [2.05, 4.69) is 20.6 Å². The van der Waals surface area contributed by atoms with E-state index in [-0.39, 0.29) is 11.9 Å². The minimum absolute atomic E-state index is 0.152. The van der Waals surface area contributed by atoms with Crippen molar-refractivity contribution in [3.63, 3.8) is 0 Å². The molecule has 1 atom stereocenters. The number of aryl methyl sites for hydroxylation is 2. The molecule has 0 radical (unpaired) electrons. The van der Waals surface area contributed by atoms with E-state index < -0.39 is 11.7 Å². The molecule has 2 rings (SSSR count). The second-order valence-electron chi connectivity index (χ2n) is 8.30. The summed E-state index contributed by atoms with van der Waals surface area (Å²) >= 11 is 0. The Kier molecular flexibility index (Phi) is 7.16. The van der Waals surface area contributed by atoms with E-state index in [1.165, 1.54) is 6.42 Å². The van der Waals surface area contributed by atoms with E-state index >= 15 is 0 Å². The lowest BCUT2D eigenvalue weighted by atomic mass is 9.83. The van der Waals surface area contributed by atoms with Crippen LogP contribution in [0, 0.1) is 19.8 Å². The van der Waals surface area contributed by atoms with Crippen molar-refractivity contribution in [2.75, 3.05) is 6.54 Å². The predicted octanol–water partition coefficient (Wildman–Crippen LogP) is 3.30. The fourth-order valence-electron chi connectivity index (χ4n) is 3.46. The summed E-state index contributed by atoms with van der Waals surface area (Å²) in [5, 5.41) is 5.88. The number of nitrogens with one attached hydrogen (secondary N) is 2. The average Bonchev–Trinajstić information content (AvgIpc) is 2.56. The topological polar surface area (TPSA) is 93.2 Å². The predicted molar refractivity (Wildman–Crippen MR) is 104 cm³/mol. The molecule has 1 aliphatic rings. The lowest BCUT2D eigenvalue weighted by Gasteiger charge is -2.31. The van der Waals surface area contributed by atoms with Crippen molar-refractivity contribution in [2.24, 2.45) is 5.92 Å². The van der Waals surface area contributed by atoms with Gasteiger partial charge in [0.1, 0.15) is 17.1 Å². The summed E-state index contributed by atoms with van der Waals surface area (Å²) in [6.07, 6.45) is 5.14. The molecule has 1 aromatic rings. The number of hydrogen-bond acceptors (Lipinski definition) is 5. The molecule has 0 aromatic carbocycles. The molecule has 1 saturated carbocycles. The zero-order chi connectivity index (χ0) is 20.0. The molecular weight excluding hydrogens is 344 g/mol. The Morgan fingerprint density at radius 3 is 2.44 bits per heavy atom. The summed E-state index contributed by atoms with van der Waals surface area (Å²) in [6.45, 7) is 9.43. The highest BCUT2D eigenvalue weighted by molar-refractivity contribution is 5.92. The number of rotatable bonds is 5. The van der Waals surface area contributed by atoms with Gasteiger partial charge in [0.05, 0.1) is 0 Å². The summed E-state index contributed by atoms with van der Waals surface area (Å²) in [6, 6.07) is 1.53. The standard InChI is InChI=1S/C20H32N4O3/c1-13-11-16(23-14(2)22-13)18(25)24-17(15-9-7-6-8-10-15)12-21-19(26)27-20(3,4)5/h11,15,17H,6-10,12H2,1-5H3,(H,21,26)(H,24,25)/t17-/m1/s1. The first-order chi connectivity index (χ1) is 12.6. The number of aromatic nitrogens is 2. The van der Waals surface area contributed by atoms with Crippen LogP contribution in [-0.2, 0) is 4.74 Å². The highest BCUT2D eigenvalue weighted by Crippen LogP contribution is 2.26. The van der Waals surface area contributed by atoms with Gasteiger partial charge in [0.2, 0.25) is 0 Å². The number of carbonyl (C=O) groups excluding carboxylic acids is 2. The van der Waals surface area contributed by atoms with Crippen LogP contribution in [0.3, 0.4) is 0 Å². The van der Waals surface area contributed by atoms with Crippen molar-refractivity contribution in [1.82, 2.24) is 20.6 Å². The van der Waals surface area contributed by atoms with Crippen molar-refractivity contribution in [1.29, 1.82) is 0 Å². The average molecular weight is 377 g/mol. The van der Waals surface area contributed by atoms with Crippen molar-refractivity contribution in [3.05, 3.63) is 23.3 Å². The van der Waals surface area contributed by atoms with Crippen LogP contribution in [0.1, 0.15) is 74.9 Å². The number of ether oxygens (including phenoxy) is 1. The number of alkyl carbamates (subject to hydrolysis) is 1. The minimum atomic E-state index is -0.552. The maximum Gasteiger partial charge on any atom is 0.407 e. The molecule has 1 aromatic heterocycles. The van der Waals surface area contributed by atoms with Crippen LogP contribution in [-0.4, -0.2) is 40.2 Å².